The Morgan fingerprint density at radius 1 is 1.39 bits per heavy atom. The molecular formula is C14H19F2NO. The highest BCUT2D eigenvalue weighted by Crippen LogP contribution is 2.33. The molecule has 2 nitrogen and oxygen atoms in total. The summed E-state index contributed by atoms with van der Waals surface area (Å²) in [4.78, 5) is 4.08. The van der Waals surface area contributed by atoms with Gasteiger partial charge in [-0.2, -0.15) is 0 Å². The fourth-order valence-corrected chi connectivity index (χ4v) is 1.60. The Balaban J connectivity index is 3.48. The van der Waals surface area contributed by atoms with Crippen LogP contribution in [0.4, 0.5) is 14.5 Å². The third kappa shape index (κ3) is 2.93. The number of aliphatic imine (C=N–C) groups is 1. The van der Waals surface area contributed by atoms with Crippen LogP contribution in [0.3, 0.4) is 0 Å². The van der Waals surface area contributed by atoms with Crippen molar-refractivity contribution in [1.29, 1.82) is 0 Å². The molecule has 0 aromatic heterocycles. The molecule has 0 saturated heterocycles. The van der Waals surface area contributed by atoms with Gasteiger partial charge in [0.05, 0.1) is 5.60 Å². The van der Waals surface area contributed by atoms with Gasteiger partial charge in [-0.15, -0.1) is 0 Å². The molecule has 0 aliphatic carbocycles. The van der Waals surface area contributed by atoms with E-state index in [4.69, 9.17) is 0 Å². The lowest BCUT2D eigenvalue weighted by Crippen LogP contribution is -2.18. The minimum absolute atomic E-state index is 0.0138. The summed E-state index contributed by atoms with van der Waals surface area (Å²) < 4.78 is 28.0. The average Bonchev–Trinajstić information content (AvgIpc) is 2.27. The maximum atomic E-state index is 14.1. The summed E-state index contributed by atoms with van der Waals surface area (Å²) >= 11 is 0. The van der Waals surface area contributed by atoms with Crippen LogP contribution in [0, 0.1) is 18.6 Å². The van der Waals surface area contributed by atoms with Gasteiger partial charge in [-0.25, -0.2) is 8.78 Å². The van der Waals surface area contributed by atoms with Gasteiger partial charge in [-0.05, 0) is 40.2 Å². The lowest BCUT2D eigenvalue weighted by Gasteiger charge is -2.20. The number of rotatable bonds is 3. The van der Waals surface area contributed by atoms with Crippen LogP contribution in [0.1, 0.15) is 45.2 Å². The number of nitrogens with zero attached hydrogens (tertiary/aromatic N) is 1. The second-order valence-electron chi connectivity index (χ2n) is 4.95. The average molecular weight is 255 g/mol. The summed E-state index contributed by atoms with van der Waals surface area (Å²) in [5.74, 6) is -1.22. The molecule has 1 rings (SSSR count). The summed E-state index contributed by atoms with van der Waals surface area (Å²) in [5, 5.41) is 9.80. The van der Waals surface area contributed by atoms with Crippen molar-refractivity contribution in [3.8, 4) is 0 Å². The van der Waals surface area contributed by atoms with E-state index in [0.717, 1.165) is 11.8 Å². The molecule has 0 amide bonds. The zero-order valence-corrected chi connectivity index (χ0v) is 11.4. The highest BCUT2D eigenvalue weighted by Gasteiger charge is 2.25. The van der Waals surface area contributed by atoms with Crippen molar-refractivity contribution < 1.29 is 13.9 Å². The molecule has 0 radical (unpaired) electrons. The molecule has 1 aromatic rings. The van der Waals surface area contributed by atoms with Gasteiger partial charge < -0.3 is 5.11 Å². The molecule has 0 heterocycles. The van der Waals surface area contributed by atoms with Gasteiger partial charge in [-0.1, -0.05) is 6.92 Å². The number of hydrogen-bond donors (Lipinski definition) is 1. The summed E-state index contributed by atoms with van der Waals surface area (Å²) in [6.45, 7) is 7.97. The van der Waals surface area contributed by atoms with Gasteiger partial charge in [0.25, 0.3) is 0 Å². The van der Waals surface area contributed by atoms with Crippen molar-refractivity contribution in [2.24, 2.45) is 4.99 Å². The highest BCUT2D eigenvalue weighted by molar-refractivity contribution is 5.84. The van der Waals surface area contributed by atoms with Crippen LogP contribution in [0.5, 0.6) is 0 Å². The van der Waals surface area contributed by atoms with Gasteiger partial charge in [0.15, 0.2) is 0 Å². The van der Waals surface area contributed by atoms with Crippen LogP contribution in [-0.4, -0.2) is 10.8 Å². The predicted molar refractivity (Wildman–Crippen MR) is 69.4 cm³/mol. The second kappa shape index (κ2) is 5.14. The smallest absolute Gasteiger partial charge is 0.149 e. The van der Waals surface area contributed by atoms with Crippen LogP contribution in [-0.2, 0) is 5.60 Å². The van der Waals surface area contributed by atoms with Gasteiger partial charge in [0.2, 0.25) is 0 Å². The van der Waals surface area contributed by atoms with E-state index >= 15 is 0 Å². The van der Waals surface area contributed by atoms with Crippen LogP contribution < -0.4 is 0 Å². The van der Waals surface area contributed by atoms with Crippen molar-refractivity contribution in [2.45, 2.75) is 46.6 Å². The maximum absolute atomic E-state index is 14.1. The first kappa shape index (κ1) is 14.8. The third-order valence-electron chi connectivity index (χ3n) is 2.89. The monoisotopic (exact) mass is 255 g/mol. The zero-order valence-electron chi connectivity index (χ0n) is 11.4. The van der Waals surface area contributed by atoms with E-state index < -0.39 is 17.2 Å². The van der Waals surface area contributed by atoms with Crippen molar-refractivity contribution in [1.82, 2.24) is 0 Å². The Bertz CT molecular complexity index is 488. The van der Waals surface area contributed by atoms with Crippen molar-refractivity contribution in [2.75, 3.05) is 0 Å². The lowest BCUT2D eigenvalue weighted by atomic mass is 9.95. The van der Waals surface area contributed by atoms with Crippen molar-refractivity contribution in [3.05, 3.63) is 28.8 Å². The molecule has 100 valence electrons. The Labute approximate surface area is 106 Å². The molecule has 0 spiro atoms. The SMILES string of the molecule is CCC(C)=Nc1c(F)cc(C(C)(C)O)c(F)c1C. The normalized spacial score (nSPS) is 13.0. The first-order valence-electron chi connectivity index (χ1n) is 5.94. The Kier molecular flexibility index (Phi) is 4.22. The largest absolute Gasteiger partial charge is 0.386 e. The molecular weight excluding hydrogens is 236 g/mol. The van der Waals surface area contributed by atoms with Crippen LogP contribution in [0.25, 0.3) is 0 Å². The summed E-state index contributed by atoms with van der Waals surface area (Å²) in [7, 11) is 0. The molecule has 0 aliphatic heterocycles. The lowest BCUT2D eigenvalue weighted by molar-refractivity contribution is 0.0740. The minimum Gasteiger partial charge on any atom is -0.386 e. The van der Waals surface area contributed by atoms with Gasteiger partial charge >= 0.3 is 0 Å². The molecule has 0 fully saturated rings. The first-order valence-corrected chi connectivity index (χ1v) is 5.94. The van der Waals surface area contributed by atoms with E-state index in [1.807, 2.05) is 6.92 Å². The molecule has 0 unspecified atom stereocenters. The number of halogens is 2. The fraction of sp³-hybridized carbons (Fsp3) is 0.500. The van der Waals surface area contributed by atoms with E-state index in [9.17, 15) is 13.9 Å². The van der Waals surface area contributed by atoms with Gasteiger partial charge in [0.1, 0.15) is 17.3 Å². The molecule has 18 heavy (non-hydrogen) atoms. The molecule has 0 aliphatic rings. The van der Waals surface area contributed by atoms with Crippen LogP contribution in [0.2, 0.25) is 0 Å². The molecule has 1 aromatic carbocycles. The van der Waals surface area contributed by atoms with Gasteiger partial charge in [-0.3, -0.25) is 4.99 Å². The van der Waals surface area contributed by atoms with E-state index in [-0.39, 0.29) is 16.8 Å². The van der Waals surface area contributed by atoms with E-state index in [2.05, 4.69) is 4.99 Å². The van der Waals surface area contributed by atoms with Gasteiger partial charge in [0, 0.05) is 16.8 Å². The summed E-state index contributed by atoms with van der Waals surface area (Å²) in [6, 6.07) is 1.02. The summed E-state index contributed by atoms with van der Waals surface area (Å²) in [5.41, 5.74) is -0.602. The minimum atomic E-state index is -1.42. The molecule has 0 bridgehead atoms. The molecule has 4 heteroatoms. The number of benzene rings is 1. The Morgan fingerprint density at radius 3 is 2.39 bits per heavy atom. The highest BCUT2D eigenvalue weighted by atomic mass is 19.1. The van der Waals surface area contributed by atoms with E-state index in [1.54, 1.807) is 6.92 Å². The number of hydrogen-bond acceptors (Lipinski definition) is 2. The topological polar surface area (TPSA) is 32.6 Å². The third-order valence-corrected chi connectivity index (χ3v) is 2.89. The quantitative estimate of drug-likeness (QED) is 0.813. The first-order chi connectivity index (χ1) is 8.18. The zero-order chi connectivity index (χ0) is 14.1. The summed E-state index contributed by atoms with van der Waals surface area (Å²) in [6.07, 6.45) is 0.674. The fourth-order valence-electron chi connectivity index (χ4n) is 1.60. The molecule has 0 saturated carbocycles. The van der Waals surface area contributed by atoms with Crippen LogP contribution in [0.15, 0.2) is 11.1 Å². The molecule has 1 N–H and O–H groups in total. The van der Waals surface area contributed by atoms with E-state index in [1.165, 1.54) is 20.8 Å². The standard InChI is InChI=1S/C14H19F2NO/c1-6-8(2)17-13-9(3)12(16)10(7-11(13)15)14(4,5)18/h7,18H,6H2,1-5H3. The van der Waals surface area contributed by atoms with Crippen molar-refractivity contribution in [3.63, 3.8) is 0 Å². The predicted octanol–water partition coefficient (Wildman–Crippen LogP) is 4.00. The van der Waals surface area contributed by atoms with E-state index in [0.29, 0.717) is 6.42 Å². The maximum Gasteiger partial charge on any atom is 0.149 e. The van der Waals surface area contributed by atoms with Crippen LogP contribution >= 0.6 is 0 Å². The Hall–Kier alpha value is -1.29. The Morgan fingerprint density at radius 2 is 1.94 bits per heavy atom. The number of aliphatic hydroxyl groups is 1. The van der Waals surface area contributed by atoms with Crippen molar-refractivity contribution >= 4 is 11.4 Å². The molecule has 0 atom stereocenters. The second-order valence-corrected chi connectivity index (χ2v) is 4.95.